The number of halogens is 1. The zero-order valence-corrected chi connectivity index (χ0v) is 21.7. The number of pyridine rings is 1. The lowest BCUT2D eigenvalue weighted by Crippen LogP contribution is -2.45. The highest BCUT2D eigenvalue weighted by Gasteiger charge is 2.31. The van der Waals surface area contributed by atoms with Gasteiger partial charge in [0.1, 0.15) is 12.4 Å². The van der Waals surface area contributed by atoms with Crippen LogP contribution in [-0.4, -0.2) is 39.1 Å². The van der Waals surface area contributed by atoms with E-state index in [0.29, 0.717) is 18.9 Å². The molecule has 192 valence electrons. The van der Waals surface area contributed by atoms with Crippen LogP contribution in [0.2, 0.25) is 0 Å². The number of aromatic nitrogens is 2. The molecule has 6 rings (SSSR count). The van der Waals surface area contributed by atoms with Gasteiger partial charge in [0, 0.05) is 55.5 Å². The highest BCUT2D eigenvalue weighted by molar-refractivity contribution is 5.89. The van der Waals surface area contributed by atoms with E-state index < -0.39 is 0 Å². The summed E-state index contributed by atoms with van der Waals surface area (Å²) >= 11 is 0. The maximum absolute atomic E-state index is 13.0. The van der Waals surface area contributed by atoms with Crippen LogP contribution in [-0.2, 0) is 31.4 Å². The van der Waals surface area contributed by atoms with E-state index in [1.54, 1.807) is 10.8 Å². The van der Waals surface area contributed by atoms with Gasteiger partial charge in [-0.15, -0.1) is 12.4 Å². The van der Waals surface area contributed by atoms with Crippen LogP contribution in [0.3, 0.4) is 0 Å². The summed E-state index contributed by atoms with van der Waals surface area (Å²) in [6.45, 7) is 2.72. The first-order valence-corrected chi connectivity index (χ1v) is 12.6. The number of nitrogens with zero attached hydrogens (tertiary/aromatic N) is 3. The number of ether oxygens (including phenoxy) is 1. The van der Waals surface area contributed by atoms with Gasteiger partial charge in [0.25, 0.3) is 5.56 Å². The van der Waals surface area contributed by atoms with Gasteiger partial charge in [-0.2, -0.15) is 0 Å². The largest absolute Gasteiger partial charge is 0.489 e. The van der Waals surface area contributed by atoms with Crippen LogP contribution in [0.1, 0.15) is 29.7 Å². The predicted octanol–water partition coefficient (Wildman–Crippen LogP) is 3.97. The monoisotopic (exact) mass is 518 g/mol. The Morgan fingerprint density at radius 3 is 2.70 bits per heavy atom. The van der Waals surface area contributed by atoms with Crippen LogP contribution in [0.4, 0.5) is 0 Å². The molecule has 4 heterocycles. The number of amides is 1. The molecule has 0 radical (unpaired) electrons. The molecule has 0 bridgehead atoms. The molecule has 0 spiro atoms. The Morgan fingerprint density at radius 1 is 1.11 bits per heavy atom. The van der Waals surface area contributed by atoms with Gasteiger partial charge in [-0.05, 0) is 43.1 Å². The van der Waals surface area contributed by atoms with Crippen molar-refractivity contribution in [3.05, 3.63) is 94.0 Å². The fourth-order valence-corrected chi connectivity index (χ4v) is 5.52. The van der Waals surface area contributed by atoms with E-state index in [2.05, 4.69) is 29.1 Å². The zero-order valence-electron chi connectivity index (χ0n) is 20.9. The molecule has 1 N–H and O–H groups in total. The van der Waals surface area contributed by atoms with E-state index in [9.17, 15) is 9.59 Å². The van der Waals surface area contributed by atoms with Crippen molar-refractivity contribution in [2.75, 3.05) is 13.1 Å². The lowest BCUT2D eigenvalue weighted by Gasteiger charge is -2.30. The number of hydrogen-bond donors (Lipinski definition) is 1. The van der Waals surface area contributed by atoms with Crippen molar-refractivity contribution in [2.24, 2.45) is 7.05 Å². The van der Waals surface area contributed by atoms with Crippen molar-refractivity contribution in [1.29, 1.82) is 0 Å². The molecule has 1 fully saturated rings. The van der Waals surface area contributed by atoms with Gasteiger partial charge in [0.2, 0.25) is 5.91 Å². The number of aryl methyl sites for hydroxylation is 1. The average Bonchev–Trinajstić information content (AvgIpc) is 3.55. The van der Waals surface area contributed by atoms with E-state index in [4.69, 9.17) is 4.74 Å². The van der Waals surface area contributed by atoms with E-state index >= 15 is 0 Å². The van der Waals surface area contributed by atoms with Crippen molar-refractivity contribution in [3.8, 4) is 11.4 Å². The van der Waals surface area contributed by atoms with Crippen molar-refractivity contribution in [2.45, 2.75) is 38.5 Å². The van der Waals surface area contributed by atoms with Crippen molar-refractivity contribution < 1.29 is 9.53 Å². The second-order valence-electron chi connectivity index (χ2n) is 9.69. The standard InChI is InChI=1S/C29H30N4O3.ClH/c1-31-26-12-14-32(29(35)25-8-5-13-30-25)18-24(26)23-10-9-21(16-27(23)31)33-15-11-22(17-28(33)34)36-19-20-6-3-2-4-7-20;/h2-4,6-7,9-11,15-17,25,30H,5,8,12-14,18-19H2,1H3;1H/t25-;/m1./s1. The second-order valence-corrected chi connectivity index (χ2v) is 9.69. The number of rotatable bonds is 5. The van der Waals surface area contributed by atoms with Gasteiger partial charge in [-0.25, -0.2) is 0 Å². The van der Waals surface area contributed by atoms with E-state index in [0.717, 1.165) is 54.5 Å². The van der Waals surface area contributed by atoms with Gasteiger partial charge in [0.05, 0.1) is 17.2 Å². The second kappa shape index (κ2) is 10.4. The molecule has 7 nitrogen and oxygen atoms in total. The molecular weight excluding hydrogens is 488 g/mol. The van der Waals surface area contributed by atoms with E-state index in [1.165, 1.54) is 17.3 Å². The highest BCUT2D eigenvalue weighted by Crippen LogP contribution is 2.32. The molecule has 1 saturated heterocycles. The fourth-order valence-electron chi connectivity index (χ4n) is 5.52. The average molecular weight is 519 g/mol. The predicted molar refractivity (Wildman–Crippen MR) is 147 cm³/mol. The Hall–Kier alpha value is -3.55. The van der Waals surface area contributed by atoms with Crippen molar-refractivity contribution in [1.82, 2.24) is 19.4 Å². The number of carbonyl (C=O) groups excluding carboxylic acids is 1. The Kier molecular flexibility index (Phi) is 7.09. The van der Waals surface area contributed by atoms with Gasteiger partial charge in [-0.1, -0.05) is 36.4 Å². The lowest BCUT2D eigenvalue weighted by atomic mass is 10.0. The third kappa shape index (κ3) is 4.77. The molecule has 0 unspecified atom stereocenters. The zero-order chi connectivity index (χ0) is 24.6. The molecule has 2 aliphatic heterocycles. The molecular formula is C29H31ClN4O3. The van der Waals surface area contributed by atoms with Crippen molar-refractivity contribution in [3.63, 3.8) is 0 Å². The van der Waals surface area contributed by atoms with Crippen LogP contribution < -0.4 is 15.6 Å². The van der Waals surface area contributed by atoms with Gasteiger partial charge < -0.3 is 19.5 Å². The maximum atomic E-state index is 13.0. The number of carbonyl (C=O) groups is 1. The van der Waals surface area contributed by atoms with E-state index in [-0.39, 0.29) is 29.9 Å². The minimum atomic E-state index is -0.139. The molecule has 4 aromatic rings. The number of benzene rings is 2. The normalized spacial score (nSPS) is 16.9. The first-order chi connectivity index (χ1) is 17.6. The molecule has 2 aromatic heterocycles. The maximum Gasteiger partial charge on any atom is 0.258 e. The number of nitrogens with one attached hydrogen (secondary N) is 1. The summed E-state index contributed by atoms with van der Waals surface area (Å²) in [5.41, 5.74) is 5.28. The van der Waals surface area contributed by atoms with Gasteiger partial charge in [-0.3, -0.25) is 14.2 Å². The molecule has 1 atom stereocenters. The first-order valence-electron chi connectivity index (χ1n) is 12.6. The summed E-state index contributed by atoms with van der Waals surface area (Å²) in [5.74, 6) is 0.768. The van der Waals surface area contributed by atoms with Crippen LogP contribution in [0.15, 0.2) is 71.7 Å². The summed E-state index contributed by atoms with van der Waals surface area (Å²) in [5, 5.41) is 4.48. The number of hydrogen-bond acceptors (Lipinski definition) is 4. The summed E-state index contributed by atoms with van der Waals surface area (Å²) in [4.78, 5) is 27.9. The minimum absolute atomic E-state index is 0. The lowest BCUT2D eigenvalue weighted by molar-refractivity contribution is -0.134. The van der Waals surface area contributed by atoms with Crippen LogP contribution in [0.25, 0.3) is 16.6 Å². The van der Waals surface area contributed by atoms with Crippen LogP contribution >= 0.6 is 12.4 Å². The topological polar surface area (TPSA) is 68.5 Å². The SMILES string of the molecule is Cl.Cn1c2c(c3ccc(-n4ccc(OCc5ccccc5)cc4=O)cc31)CN(C(=O)[C@H]1CCCN1)CC2. The van der Waals surface area contributed by atoms with Gasteiger partial charge >= 0.3 is 0 Å². The molecule has 8 heteroatoms. The Balaban J connectivity index is 0.00000280. The molecule has 2 aliphatic rings. The van der Waals surface area contributed by atoms with Crippen LogP contribution in [0, 0.1) is 0 Å². The third-order valence-corrected chi connectivity index (χ3v) is 7.48. The van der Waals surface area contributed by atoms with E-state index in [1.807, 2.05) is 47.4 Å². The minimum Gasteiger partial charge on any atom is -0.489 e. The molecule has 0 aliphatic carbocycles. The first kappa shape index (κ1) is 25.1. The smallest absolute Gasteiger partial charge is 0.258 e. The Labute approximate surface area is 222 Å². The Bertz CT molecular complexity index is 1490. The molecule has 1 amide bonds. The Morgan fingerprint density at radius 2 is 1.95 bits per heavy atom. The molecule has 0 saturated carbocycles. The van der Waals surface area contributed by atoms with Crippen molar-refractivity contribution >= 4 is 29.2 Å². The third-order valence-electron chi connectivity index (χ3n) is 7.48. The van der Waals surface area contributed by atoms with Crippen LogP contribution in [0.5, 0.6) is 5.75 Å². The van der Waals surface area contributed by atoms with Gasteiger partial charge in [0.15, 0.2) is 0 Å². The molecule has 2 aromatic carbocycles. The number of fused-ring (bicyclic) bond motifs is 3. The summed E-state index contributed by atoms with van der Waals surface area (Å²) in [6.07, 6.45) is 4.58. The fraction of sp³-hybridized carbons (Fsp3) is 0.310. The summed E-state index contributed by atoms with van der Waals surface area (Å²) in [7, 11) is 2.07. The molecule has 37 heavy (non-hydrogen) atoms. The summed E-state index contributed by atoms with van der Waals surface area (Å²) < 4.78 is 9.68. The summed E-state index contributed by atoms with van der Waals surface area (Å²) in [6, 6.07) is 19.3. The quantitative estimate of drug-likeness (QED) is 0.434. The highest BCUT2D eigenvalue weighted by atomic mass is 35.5.